The van der Waals surface area contributed by atoms with Crippen LogP contribution in [0.5, 0.6) is 5.75 Å². The number of halogens is 4. The molecule has 0 bridgehead atoms. The van der Waals surface area contributed by atoms with Crippen LogP contribution in [0.2, 0.25) is 15.1 Å². The highest BCUT2D eigenvalue weighted by molar-refractivity contribution is 9.10. The fourth-order valence-electron chi connectivity index (χ4n) is 4.32. The van der Waals surface area contributed by atoms with Crippen LogP contribution < -0.4 is 4.74 Å². The number of thioether (sulfide) groups is 1. The average Bonchev–Trinajstić information content (AvgIpc) is 3.17. The van der Waals surface area contributed by atoms with Crippen molar-refractivity contribution in [3.63, 3.8) is 0 Å². The summed E-state index contributed by atoms with van der Waals surface area (Å²) in [7, 11) is 0. The van der Waals surface area contributed by atoms with Crippen LogP contribution in [0, 0.1) is 0 Å². The van der Waals surface area contributed by atoms with E-state index in [2.05, 4.69) is 22.0 Å². The third-order valence-electron chi connectivity index (χ3n) is 6.34. The summed E-state index contributed by atoms with van der Waals surface area (Å²) in [5.41, 5.74) is 3.70. The van der Waals surface area contributed by atoms with Crippen molar-refractivity contribution in [3.8, 4) is 5.75 Å². The molecule has 0 radical (unpaired) electrons. The zero-order valence-electron chi connectivity index (χ0n) is 20.3. The van der Waals surface area contributed by atoms with Crippen LogP contribution in [0.25, 0.3) is 6.08 Å². The number of nitrogens with zero attached hydrogens (tertiary/aromatic N) is 2. The van der Waals surface area contributed by atoms with Crippen LogP contribution in [0.4, 0.5) is 4.79 Å². The molecule has 3 aromatic rings. The molecule has 1 saturated heterocycles. The quantitative estimate of drug-likeness (QED) is 0.254. The van der Waals surface area contributed by atoms with Crippen LogP contribution in [0.3, 0.4) is 0 Å². The molecule has 0 spiro atoms. The molecule has 0 unspecified atom stereocenters. The Morgan fingerprint density at radius 2 is 1.77 bits per heavy atom. The van der Waals surface area contributed by atoms with Gasteiger partial charge in [0.1, 0.15) is 13.2 Å². The van der Waals surface area contributed by atoms with Crippen molar-refractivity contribution >= 4 is 85.6 Å². The molecular formula is C28H20BrCl3N2O4S. The van der Waals surface area contributed by atoms with Crippen LogP contribution in [-0.4, -0.2) is 39.9 Å². The molecule has 3 aromatic carbocycles. The maximum atomic E-state index is 13.0. The molecule has 2 aliphatic rings. The molecule has 0 N–H and O–H groups in total. The zero-order chi connectivity index (χ0) is 27.7. The van der Waals surface area contributed by atoms with Gasteiger partial charge in [0.05, 0.1) is 24.4 Å². The van der Waals surface area contributed by atoms with Crippen molar-refractivity contribution in [3.05, 3.63) is 101 Å². The highest BCUT2D eigenvalue weighted by Crippen LogP contribution is 2.38. The first kappa shape index (κ1) is 28.1. The Hall–Kier alpha value is -2.49. The fourth-order valence-corrected chi connectivity index (χ4v) is 6.47. The summed E-state index contributed by atoms with van der Waals surface area (Å²) in [6.45, 7) is 0.932. The van der Waals surface area contributed by atoms with E-state index in [4.69, 9.17) is 39.5 Å². The highest BCUT2D eigenvalue weighted by atomic mass is 79.9. The monoisotopic (exact) mass is 664 g/mol. The number of rotatable bonds is 6. The number of hydrogen-bond acceptors (Lipinski definition) is 5. The molecule has 0 saturated carbocycles. The van der Waals surface area contributed by atoms with Gasteiger partial charge in [0, 0.05) is 13.1 Å². The van der Waals surface area contributed by atoms with E-state index < -0.39 is 11.1 Å². The Labute approximate surface area is 253 Å². The summed E-state index contributed by atoms with van der Waals surface area (Å²) in [5.74, 6) is -0.355. The van der Waals surface area contributed by atoms with E-state index in [1.165, 1.54) is 5.56 Å². The lowest BCUT2D eigenvalue weighted by atomic mass is 10.00. The normalized spacial score (nSPS) is 16.2. The SMILES string of the molecule is O=C(CN1C(=O)S/C(=C\c2cc(Cl)c(OCc3ccc(Cl)c(Cl)c3)c(Br)c2)C1=O)N1CCc2ccccc2C1. The summed E-state index contributed by atoms with van der Waals surface area (Å²) < 4.78 is 6.44. The number of amides is 3. The Morgan fingerprint density at radius 1 is 1.00 bits per heavy atom. The van der Waals surface area contributed by atoms with Gasteiger partial charge in [-0.2, -0.15) is 0 Å². The number of imide groups is 1. The van der Waals surface area contributed by atoms with E-state index >= 15 is 0 Å². The van der Waals surface area contributed by atoms with Gasteiger partial charge in [-0.25, -0.2) is 0 Å². The van der Waals surface area contributed by atoms with E-state index in [9.17, 15) is 14.4 Å². The number of hydrogen-bond donors (Lipinski definition) is 0. The van der Waals surface area contributed by atoms with Crippen molar-refractivity contribution in [1.29, 1.82) is 0 Å². The predicted octanol–water partition coefficient (Wildman–Crippen LogP) is 7.61. The highest BCUT2D eigenvalue weighted by Gasteiger charge is 2.37. The molecule has 3 amide bonds. The molecule has 0 aliphatic carbocycles. The maximum absolute atomic E-state index is 13.0. The molecule has 2 heterocycles. The Morgan fingerprint density at radius 3 is 2.51 bits per heavy atom. The van der Waals surface area contributed by atoms with E-state index in [-0.39, 0.29) is 24.0 Å². The topological polar surface area (TPSA) is 66.9 Å². The third kappa shape index (κ3) is 6.31. The van der Waals surface area contributed by atoms with Crippen molar-refractivity contribution in [1.82, 2.24) is 9.80 Å². The first-order chi connectivity index (χ1) is 18.7. The number of fused-ring (bicyclic) bond motifs is 1. The van der Waals surface area contributed by atoms with E-state index in [1.54, 1.807) is 41.3 Å². The fraction of sp³-hybridized carbons (Fsp3) is 0.179. The molecule has 0 aromatic heterocycles. The molecule has 11 heteroatoms. The van der Waals surface area contributed by atoms with E-state index in [1.807, 2.05) is 18.2 Å². The van der Waals surface area contributed by atoms with Crippen molar-refractivity contribution in [2.24, 2.45) is 0 Å². The summed E-state index contributed by atoms with van der Waals surface area (Å²) in [4.78, 5) is 41.5. The first-order valence-corrected chi connectivity index (χ1v) is 14.6. The smallest absolute Gasteiger partial charge is 0.294 e. The van der Waals surface area contributed by atoms with Gasteiger partial charge in [-0.3, -0.25) is 19.3 Å². The van der Waals surface area contributed by atoms with Gasteiger partial charge >= 0.3 is 0 Å². The van der Waals surface area contributed by atoms with Gasteiger partial charge in [-0.15, -0.1) is 0 Å². The van der Waals surface area contributed by atoms with Crippen LogP contribution in [0.15, 0.2) is 64.0 Å². The lowest BCUT2D eigenvalue weighted by Gasteiger charge is -2.29. The first-order valence-electron chi connectivity index (χ1n) is 11.9. The lowest BCUT2D eigenvalue weighted by molar-refractivity contribution is -0.136. The summed E-state index contributed by atoms with van der Waals surface area (Å²) in [6.07, 6.45) is 2.32. The van der Waals surface area contributed by atoms with E-state index in [0.29, 0.717) is 43.9 Å². The Bertz CT molecular complexity index is 1510. The Kier molecular flexibility index (Phi) is 8.59. The maximum Gasteiger partial charge on any atom is 0.294 e. The number of benzene rings is 3. The van der Waals surface area contributed by atoms with Crippen molar-refractivity contribution in [2.75, 3.05) is 13.1 Å². The minimum absolute atomic E-state index is 0.212. The third-order valence-corrected chi connectivity index (χ3v) is 8.85. The average molecular weight is 667 g/mol. The second kappa shape index (κ2) is 11.9. The standard InChI is InChI=1S/C28H20BrCl3N2O4S/c29-20-9-17(11-23(32)26(20)38-15-16-5-6-21(30)22(31)10-16)12-24-27(36)34(28(37)39-24)14-25(35)33-8-7-18-3-1-2-4-19(18)13-33/h1-6,9-12H,7-8,13-15H2/b24-12-. The second-order valence-electron chi connectivity index (χ2n) is 8.95. The molecule has 39 heavy (non-hydrogen) atoms. The second-order valence-corrected chi connectivity index (χ2v) is 12.0. The van der Waals surface area contributed by atoms with Gasteiger partial charge in [-0.1, -0.05) is 65.1 Å². The summed E-state index contributed by atoms with van der Waals surface area (Å²) >= 11 is 22.8. The predicted molar refractivity (Wildman–Crippen MR) is 158 cm³/mol. The molecule has 6 nitrogen and oxygen atoms in total. The van der Waals surface area contributed by atoms with Crippen LogP contribution in [-0.2, 0) is 29.2 Å². The summed E-state index contributed by atoms with van der Waals surface area (Å²) in [5, 5.41) is 0.712. The molecule has 1 fully saturated rings. The van der Waals surface area contributed by atoms with Gasteiger partial charge < -0.3 is 9.64 Å². The summed E-state index contributed by atoms with van der Waals surface area (Å²) in [6, 6.07) is 16.5. The molecule has 5 rings (SSSR count). The minimum Gasteiger partial charge on any atom is -0.486 e. The Balaban J connectivity index is 1.25. The lowest BCUT2D eigenvalue weighted by Crippen LogP contribution is -2.44. The van der Waals surface area contributed by atoms with Crippen molar-refractivity contribution < 1.29 is 19.1 Å². The van der Waals surface area contributed by atoms with E-state index in [0.717, 1.165) is 34.2 Å². The molecule has 0 atom stereocenters. The van der Waals surface area contributed by atoms with Crippen LogP contribution >= 0.6 is 62.5 Å². The van der Waals surface area contributed by atoms with Crippen LogP contribution in [0.1, 0.15) is 22.3 Å². The molecule has 200 valence electrons. The molecule has 2 aliphatic heterocycles. The minimum atomic E-state index is -0.511. The van der Waals surface area contributed by atoms with Gasteiger partial charge in [0.15, 0.2) is 5.75 Å². The van der Waals surface area contributed by atoms with Gasteiger partial charge in [-0.05, 0) is 86.7 Å². The number of ether oxygens (including phenoxy) is 1. The number of carbonyl (C=O) groups is 3. The number of carbonyl (C=O) groups excluding carboxylic acids is 3. The molecular weight excluding hydrogens is 647 g/mol. The zero-order valence-corrected chi connectivity index (χ0v) is 24.9. The van der Waals surface area contributed by atoms with Gasteiger partial charge in [0.2, 0.25) is 5.91 Å². The van der Waals surface area contributed by atoms with Crippen molar-refractivity contribution in [2.45, 2.75) is 19.6 Å². The largest absolute Gasteiger partial charge is 0.486 e. The van der Waals surface area contributed by atoms with Gasteiger partial charge in [0.25, 0.3) is 11.1 Å².